The lowest BCUT2D eigenvalue weighted by atomic mass is 10.1. The van der Waals surface area contributed by atoms with Gasteiger partial charge in [0.2, 0.25) is 0 Å². The molecule has 2 aromatic rings. The molecule has 0 aliphatic rings. The van der Waals surface area contributed by atoms with Gasteiger partial charge in [-0.25, -0.2) is 4.98 Å². The third-order valence-electron chi connectivity index (χ3n) is 2.85. The second-order valence-corrected chi connectivity index (χ2v) is 4.73. The summed E-state index contributed by atoms with van der Waals surface area (Å²) in [5.41, 5.74) is 8.65. The normalized spacial score (nSPS) is 10.3. The average Bonchev–Trinajstić information content (AvgIpc) is 2.36. The summed E-state index contributed by atoms with van der Waals surface area (Å²) >= 11 is 5.93. The highest BCUT2D eigenvalue weighted by Gasteiger charge is 2.13. The fraction of sp³-hybridized carbons (Fsp3) is 0.143. The number of carbonyl (C=O) groups is 1. The quantitative estimate of drug-likeness (QED) is 0.884. The number of nitrogens with one attached hydrogen (secondary N) is 1. The number of carbonyl (C=O) groups excluding carboxylic acids is 1. The Morgan fingerprint density at radius 3 is 2.63 bits per heavy atom. The zero-order valence-electron chi connectivity index (χ0n) is 10.7. The molecular weight excluding hydrogens is 262 g/mol. The summed E-state index contributed by atoms with van der Waals surface area (Å²) in [5, 5.41) is 3.03. The molecule has 0 bridgehead atoms. The molecule has 1 amide bonds. The second kappa shape index (κ2) is 5.28. The van der Waals surface area contributed by atoms with E-state index in [1.165, 1.54) is 0 Å². The summed E-state index contributed by atoms with van der Waals surface area (Å²) in [6.07, 6.45) is 0. The predicted octanol–water partition coefficient (Wildman–Crippen LogP) is 3.19. The Bertz CT molecular complexity index is 641. The van der Waals surface area contributed by atoms with Gasteiger partial charge in [0.1, 0.15) is 11.5 Å². The smallest absolute Gasteiger partial charge is 0.275 e. The minimum Gasteiger partial charge on any atom is -0.384 e. The molecule has 4 nitrogen and oxygen atoms in total. The van der Waals surface area contributed by atoms with Crippen molar-refractivity contribution >= 4 is 29.0 Å². The molecule has 1 heterocycles. The van der Waals surface area contributed by atoms with Crippen molar-refractivity contribution in [2.45, 2.75) is 13.8 Å². The van der Waals surface area contributed by atoms with Crippen LogP contribution in [0.15, 0.2) is 30.3 Å². The van der Waals surface area contributed by atoms with E-state index in [1.54, 1.807) is 12.1 Å². The van der Waals surface area contributed by atoms with Crippen LogP contribution in [0.1, 0.15) is 21.6 Å². The molecule has 19 heavy (non-hydrogen) atoms. The lowest BCUT2D eigenvalue weighted by Gasteiger charge is -2.08. The number of pyridine rings is 1. The third kappa shape index (κ3) is 3.03. The van der Waals surface area contributed by atoms with Gasteiger partial charge in [-0.1, -0.05) is 17.7 Å². The number of hydrogen-bond donors (Lipinski definition) is 2. The number of anilines is 2. The van der Waals surface area contributed by atoms with Crippen LogP contribution in [-0.2, 0) is 0 Å². The number of benzene rings is 1. The van der Waals surface area contributed by atoms with Crippen LogP contribution < -0.4 is 11.1 Å². The number of aryl methyl sites for hydroxylation is 2. The Hall–Kier alpha value is -2.07. The zero-order chi connectivity index (χ0) is 14.0. The molecule has 98 valence electrons. The number of nitrogens with two attached hydrogens (primary N) is 1. The molecule has 2 rings (SSSR count). The predicted molar refractivity (Wildman–Crippen MR) is 77.5 cm³/mol. The molecule has 0 saturated carbocycles. The number of hydrogen-bond acceptors (Lipinski definition) is 3. The summed E-state index contributed by atoms with van der Waals surface area (Å²) in [4.78, 5) is 16.0. The van der Waals surface area contributed by atoms with Gasteiger partial charge in [-0.2, -0.15) is 0 Å². The summed E-state index contributed by atoms with van der Waals surface area (Å²) < 4.78 is 0. The van der Waals surface area contributed by atoms with Crippen molar-refractivity contribution in [1.82, 2.24) is 4.98 Å². The molecule has 1 aromatic heterocycles. The van der Waals surface area contributed by atoms with Crippen LogP contribution in [0.2, 0.25) is 5.02 Å². The van der Waals surface area contributed by atoms with E-state index >= 15 is 0 Å². The Balaban J connectivity index is 2.25. The van der Waals surface area contributed by atoms with Gasteiger partial charge in [-0.3, -0.25) is 4.79 Å². The molecule has 3 N–H and O–H groups in total. The summed E-state index contributed by atoms with van der Waals surface area (Å²) in [7, 11) is 0. The van der Waals surface area contributed by atoms with Gasteiger partial charge in [0.05, 0.1) is 5.02 Å². The van der Waals surface area contributed by atoms with E-state index in [2.05, 4.69) is 10.3 Å². The van der Waals surface area contributed by atoms with E-state index in [0.29, 0.717) is 5.69 Å². The van der Waals surface area contributed by atoms with E-state index in [4.69, 9.17) is 17.3 Å². The van der Waals surface area contributed by atoms with E-state index in [0.717, 1.165) is 11.1 Å². The van der Waals surface area contributed by atoms with Crippen molar-refractivity contribution < 1.29 is 4.79 Å². The topological polar surface area (TPSA) is 68.0 Å². The van der Waals surface area contributed by atoms with Crippen LogP contribution >= 0.6 is 11.6 Å². The van der Waals surface area contributed by atoms with Gasteiger partial charge in [-0.05, 0) is 49.2 Å². The van der Waals surface area contributed by atoms with E-state index < -0.39 is 0 Å². The fourth-order valence-corrected chi connectivity index (χ4v) is 1.82. The van der Waals surface area contributed by atoms with Crippen molar-refractivity contribution in [3.05, 3.63) is 52.2 Å². The number of nitrogen functional groups attached to an aromatic ring is 1. The monoisotopic (exact) mass is 275 g/mol. The zero-order valence-corrected chi connectivity index (χ0v) is 11.5. The van der Waals surface area contributed by atoms with Crippen molar-refractivity contribution in [3.63, 3.8) is 0 Å². The highest BCUT2D eigenvalue weighted by molar-refractivity contribution is 6.34. The summed E-state index contributed by atoms with van der Waals surface area (Å²) in [6.45, 7) is 3.99. The van der Waals surface area contributed by atoms with Crippen molar-refractivity contribution in [1.29, 1.82) is 0 Å². The molecular formula is C14H14ClN3O. The van der Waals surface area contributed by atoms with E-state index in [1.807, 2.05) is 32.0 Å². The maximum absolute atomic E-state index is 12.1. The van der Waals surface area contributed by atoms with Crippen LogP contribution in [0.5, 0.6) is 0 Å². The molecule has 0 fully saturated rings. The summed E-state index contributed by atoms with van der Waals surface area (Å²) in [5.74, 6) is -0.116. The average molecular weight is 276 g/mol. The molecule has 0 spiro atoms. The van der Waals surface area contributed by atoms with Crippen LogP contribution in [0.25, 0.3) is 0 Å². The number of nitrogens with zero attached hydrogens (tertiary/aromatic N) is 1. The van der Waals surface area contributed by atoms with Gasteiger partial charge >= 0.3 is 0 Å². The Kier molecular flexibility index (Phi) is 3.71. The Labute approximate surface area is 116 Å². The lowest BCUT2D eigenvalue weighted by Crippen LogP contribution is -2.15. The Morgan fingerprint density at radius 2 is 1.95 bits per heavy atom. The van der Waals surface area contributed by atoms with Crippen LogP contribution in [0.3, 0.4) is 0 Å². The number of halogens is 1. The SMILES string of the molecule is Cc1ccc(NC(=O)c2nc(N)ccc2Cl)cc1C. The first kappa shape index (κ1) is 13.4. The Morgan fingerprint density at radius 1 is 1.21 bits per heavy atom. The largest absolute Gasteiger partial charge is 0.384 e. The molecule has 0 radical (unpaired) electrons. The first-order valence-electron chi connectivity index (χ1n) is 5.78. The van der Waals surface area contributed by atoms with Gasteiger partial charge in [0.25, 0.3) is 5.91 Å². The lowest BCUT2D eigenvalue weighted by molar-refractivity contribution is 0.102. The van der Waals surface area contributed by atoms with Crippen LogP contribution in [0, 0.1) is 13.8 Å². The number of amides is 1. The number of rotatable bonds is 2. The maximum atomic E-state index is 12.1. The summed E-state index contributed by atoms with van der Waals surface area (Å²) in [6, 6.07) is 8.78. The third-order valence-corrected chi connectivity index (χ3v) is 3.15. The van der Waals surface area contributed by atoms with Crippen molar-refractivity contribution in [2.75, 3.05) is 11.1 Å². The first-order chi connectivity index (χ1) is 8.97. The minimum atomic E-state index is -0.374. The van der Waals surface area contributed by atoms with Gasteiger partial charge in [0, 0.05) is 5.69 Å². The van der Waals surface area contributed by atoms with Crippen molar-refractivity contribution in [3.8, 4) is 0 Å². The van der Waals surface area contributed by atoms with Gasteiger partial charge in [-0.15, -0.1) is 0 Å². The van der Waals surface area contributed by atoms with Crippen molar-refractivity contribution in [2.24, 2.45) is 0 Å². The molecule has 0 unspecified atom stereocenters. The molecule has 1 aromatic carbocycles. The highest BCUT2D eigenvalue weighted by atomic mass is 35.5. The second-order valence-electron chi connectivity index (χ2n) is 4.32. The first-order valence-corrected chi connectivity index (χ1v) is 6.16. The molecule has 0 saturated heterocycles. The molecule has 5 heteroatoms. The van der Waals surface area contributed by atoms with E-state index in [9.17, 15) is 4.79 Å². The fourth-order valence-electron chi connectivity index (χ4n) is 1.63. The van der Waals surface area contributed by atoms with E-state index in [-0.39, 0.29) is 22.4 Å². The van der Waals surface area contributed by atoms with Crippen LogP contribution in [0.4, 0.5) is 11.5 Å². The van der Waals surface area contributed by atoms with Gasteiger partial charge < -0.3 is 11.1 Å². The molecule has 0 atom stereocenters. The molecule has 0 aliphatic carbocycles. The minimum absolute atomic E-state index is 0.125. The molecule has 0 aliphatic heterocycles. The standard InChI is InChI=1S/C14H14ClN3O/c1-8-3-4-10(7-9(8)2)17-14(19)13-11(15)5-6-12(16)18-13/h3-7H,1-2H3,(H2,16,18)(H,17,19). The van der Waals surface area contributed by atoms with Gasteiger partial charge in [0.15, 0.2) is 0 Å². The maximum Gasteiger partial charge on any atom is 0.275 e. The highest BCUT2D eigenvalue weighted by Crippen LogP contribution is 2.19. The van der Waals surface area contributed by atoms with Crippen LogP contribution in [-0.4, -0.2) is 10.9 Å². The number of aromatic nitrogens is 1.